The minimum Gasteiger partial charge on any atom is -0.281 e. The number of hydrogen-bond donors (Lipinski definition) is 0. The molecule has 1 heterocycles. The Balaban J connectivity index is 1.94. The highest BCUT2D eigenvalue weighted by Gasteiger charge is 2.22. The molecule has 0 radical (unpaired) electrons. The van der Waals surface area contributed by atoms with Crippen molar-refractivity contribution in [2.24, 2.45) is 4.99 Å². The third-order valence-electron chi connectivity index (χ3n) is 3.42. The number of benzene rings is 2. The second-order valence-electron chi connectivity index (χ2n) is 4.63. The lowest BCUT2D eigenvalue weighted by molar-refractivity contribution is 0.723. The fourth-order valence-corrected chi connectivity index (χ4v) is 2.97. The fraction of sp³-hybridized carbons (Fsp3) is 0.188. The largest absolute Gasteiger partial charge is 0.281 e. The summed E-state index contributed by atoms with van der Waals surface area (Å²) in [5.41, 5.74) is 3.22. The van der Waals surface area contributed by atoms with E-state index in [0.29, 0.717) is 0 Å². The van der Waals surface area contributed by atoms with Gasteiger partial charge in [0.15, 0.2) is 0 Å². The zero-order valence-electron chi connectivity index (χ0n) is 10.3. The molecule has 1 unspecified atom stereocenters. The predicted octanol–water partition coefficient (Wildman–Crippen LogP) is 5.32. The van der Waals surface area contributed by atoms with Gasteiger partial charge in [-0.15, -0.1) is 0 Å². The van der Waals surface area contributed by atoms with E-state index in [1.165, 1.54) is 0 Å². The summed E-state index contributed by atoms with van der Waals surface area (Å²) in [6.07, 6.45) is 1.93. The van der Waals surface area contributed by atoms with Crippen molar-refractivity contribution in [1.82, 2.24) is 0 Å². The monoisotopic (exact) mass is 289 g/mol. The van der Waals surface area contributed by atoms with Crippen LogP contribution in [0.15, 0.2) is 53.5 Å². The van der Waals surface area contributed by atoms with E-state index >= 15 is 0 Å². The summed E-state index contributed by atoms with van der Waals surface area (Å²) in [7, 11) is 0. The molecule has 1 aliphatic heterocycles. The third kappa shape index (κ3) is 2.54. The van der Waals surface area contributed by atoms with Crippen LogP contribution in [0.4, 0.5) is 0 Å². The minimum atomic E-state index is 0.153. The molecule has 1 nitrogen and oxygen atoms in total. The molecule has 0 spiro atoms. The highest BCUT2D eigenvalue weighted by molar-refractivity contribution is 6.34. The Bertz CT molecular complexity index is 634. The average Bonchev–Trinajstić information content (AvgIpc) is 2.89. The standard InChI is InChI=1S/C16H13Cl2N/c17-13-7-3-1-5-11(13)15-9-10-16(19-15)12-6-2-4-8-14(12)18/h1-8,15H,9-10H2. The number of aliphatic imine (C=N–C) groups is 1. The smallest absolute Gasteiger partial charge is 0.0770 e. The first-order valence-electron chi connectivity index (χ1n) is 6.31. The lowest BCUT2D eigenvalue weighted by Crippen LogP contribution is -1.96. The van der Waals surface area contributed by atoms with Gasteiger partial charge >= 0.3 is 0 Å². The molecular formula is C16H13Cl2N. The second-order valence-corrected chi connectivity index (χ2v) is 5.45. The molecule has 0 amide bonds. The topological polar surface area (TPSA) is 12.4 Å². The third-order valence-corrected chi connectivity index (χ3v) is 4.09. The van der Waals surface area contributed by atoms with Gasteiger partial charge in [0.1, 0.15) is 0 Å². The summed E-state index contributed by atoms with van der Waals surface area (Å²) in [5.74, 6) is 0. The van der Waals surface area contributed by atoms with E-state index < -0.39 is 0 Å². The van der Waals surface area contributed by atoms with Crippen LogP contribution in [0.1, 0.15) is 30.0 Å². The zero-order valence-corrected chi connectivity index (χ0v) is 11.8. The van der Waals surface area contributed by atoms with E-state index in [1.54, 1.807) is 0 Å². The van der Waals surface area contributed by atoms with Crippen molar-refractivity contribution in [2.75, 3.05) is 0 Å². The fourth-order valence-electron chi connectivity index (χ4n) is 2.46. The van der Waals surface area contributed by atoms with Crippen LogP contribution in [-0.2, 0) is 0 Å². The SMILES string of the molecule is Clc1ccccc1C1=NC(c2ccccc2Cl)CC1. The zero-order chi connectivity index (χ0) is 13.2. The van der Waals surface area contributed by atoms with Crippen LogP contribution in [0.5, 0.6) is 0 Å². The van der Waals surface area contributed by atoms with Crippen molar-refractivity contribution in [3.8, 4) is 0 Å². The van der Waals surface area contributed by atoms with Gasteiger partial charge in [-0.1, -0.05) is 59.6 Å². The maximum Gasteiger partial charge on any atom is 0.0770 e. The number of nitrogens with zero attached hydrogens (tertiary/aromatic N) is 1. The Morgan fingerprint density at radius 3 is 2.32 bits per heavy atom. The number of halogens is 2. The normalized spacial score (nSPS) is 18.4. The highest BCUT2D eigenvalue weighted by atomic mass is 35.5. The Kier molecular flexibility index (Phi) is 3.58. The van der Waals surface area contributed by atoms with Crippen molar-refractivity contribution >= 4 is 28.9 Å². The van der Waals surface area contributed by atoms with Gasteiger partial charge in [0.05, 0.1) is 6.04 Å². The first-order chi connectivity index (χ1) is 9.25. The van der Waals surface area contributed by atoms with Crippen LogP contribution in [-0.4, -0.2) is 5.71 Å². The molecule has 0 saturated heterocycles. The Morgan fingerprint density at radius 2 is 1.58 bits per heavy atom. The lowest BCUT2D eigenvalue weighted by Gasteiger charge is -2.08. The Hall–Kier alpha value is -1.31. The summed E-state index contributed by atoms with van der Waals surface area (Å²) in [6.45, 7) is 0. The Morgan fingerprint density at radius 1 is 0.895 bits per heavy atom. The molecule has 2 aromatic rings. The molecule has 2 aromatic carbocycles. The lowest BCUT2D eigenvalue weighted by atomic mass is 10.0. The van der Waals surface area contributed by atoms with Gasteiger partial charge in [-0.2, -0.15) is 0 Å². The van der Waals surface area contributed by atoms with Crippen LogP contribution in [0.2, 0.25) is 10.0 Å². The summed E-state index contributed by atoms with van der Waals surface area (Å²) in [6, 6.07) is 15.9. The first-order valence-corrected chi connectivity index (χ1v) is 7.07. The van der Waals surface area contributed by atoms with Gasteiger partial charge in [0, 0.05) is 21.3 Å². The van der Waals surface area contributed by atoms with Crippen LogP contribution < -0.4 is 0 Å². The van der Waals surface area contributed by atoms with Crippen LogP contribution in [0.25, 0.3) is 0 Å². The molecule has 0 aliphatic carbocycles. The van der Waals surface area contributed by atoms with Crippen molar-refractivity contribution < 1.29 is 0 Å². The Labute approximate surface area is 122 Å². The molecule has 0 aromatic heterocycles. The first kappa shape index (κ1) is 12.7. The molecule has 0 N–H and O–H groups in total. The van der Waals surface area contributed by atoms with Crippen LogP contribution in [0, 0.1) is 0 Å². The summed E-state index contributed by atoms with van der Waals surface area (Å²) < 4.78 is 0. The molecule has 96 valence electrons. The molecule has 19 heavy (non-hydrogen) atoms. The molecule has 0 bridgehead atoms. The van der Waals surface area contributed by atoms with Gasteiger partial charge in [-0.3, -0.25) is 4.99 Å². The van der Waals surface area contributed by atoms with Gasteiger partial charge in [0.25, 0.3) is 0 Å². The van der Waals surface area contributed by atoms with E-state index in [9.17, 15) is 0 Å². The van der Waals surface area contributed by atoms with E-state index in [4.69, 9.17) is 28.2 Å². The molecule has 3 heteroatoms. The van der Waals surface area contributed by atoms with Gasteiger partial charge < -0.3 is 0 Å². The number of rotatable bonds is 2. The van der Waals surface area contributed by atoms with Crippen molar-refractivity contribution in [1.29, 1.82) is 0 Å². The maximum atomic E-state index is 6.23. The molecule has 0 saturated carbocycles. The summed E-state index contributed by atoms with van der Waals surface area (Å²) in [4.78, 5) is 4.80. The summed E-state index contributed by atoms with van der Waals surface area (Å²) in [5, 5.41) is 1.55. The van der Waals surface area contributed by atoms with Crippen molar-refractivity contribution in [3.05, 3.63) is 69.7 Å². The van der Waals surface area contributed by atoms with Crippen LogP contribution >= 0.6 is 23.2 Å². The second kappa shape index (κ2) is 5.36. The van der Waals surface area contributed by atoms with E-state index in [2.05, 4.69) is 0 Å². The summed E-state index contributed by atoms with van der Waals surface area (Å²) >= 11 is 12.5. The van der Waals surface area contributed by atoms with Gasteiger partial charge in [-0.05, 0) is 30.5 Å². The van der Waals surface area contributed by atoms with E-state index in [1.807, 2.05) is 48.5 Å². The predicted molar refractivity (Wildman–Crippen MR) is 81.4 cm³/mol. The molecular weight excluding hydrogens is 277 g/mol. The minimum absolute atomic E-state index is 0.153. The van der Waals surface area contributed by atoms with Gasteiger partial charge in [0.2, 0.25) is 0 Å². The molecule has 1 aliphatic rings. The average molecular weight is 290 g/mol. The van der Waals surface area contributed by atoms with E-state index in [-0.39, 0.29) is 6.04 Å². The molecule has 3 rings (SSSR count). The van der Waals surface area contributed by atoms with E-state index in [0.717, 1.165) is 39.7 Å². The number of hydrogen-bond acceptors (Lipinski definition) is 1. The van der Waals surface area contributed by atoms with Gasteiger partial charge in [-0.25, -0.2) is 0 Å². The highest BCUT2D eigenvalue weighted by Crippen LogP contribution is 2.35. The maximum absolute atomic E-state index is 6.23. The quantitative estimate of drug-likeness (QED) is 0.710. The van der Waals surface area contributed by atoms with Crippen molar-refractivity contribution in [2.45, 2.75) is 18.9 Å². The molecule has 0 fully saturated rings. The molecule has 1 atom stereocenters. The van der Waals surface area contributed by atoms with Crippen molar-refractivity contribution in [3.63, 3.8) is 0 Å². The van der Waals surface area contributed by atoms with Crippen LogP contribution in [0.3, 0.4) is 0 Å².